The summed E-state index contributed by atoms with van der Waals surface area (Å²) in [7, 11) is -2.81. The largest absolute Gasteiger partial charge is 0.497 e. The van der Waals surface area contributed by atoms with E-state index in [-0.39, 0.29) is 23.0 Å². The highest BCUT2D eigenvalue weighted by atomic mass is 32.2. The van der Waals surface area contributed by atoms with Gasteiger partial charge in [-0.3, -0.25) is 13.9 Å². The molecule has 1 N–H and O–H groups in total. The van der Waals surface area contributed by atoms with Crippen molar-refractivity contribution in [3.8, 4) is 5.75 Å². The van der Waals surface area contributed by atoms with Crippen LogP contribution in [0, 0.1) is 12.7 Å². The lowest BCUT2D eigenvalue weighted by molar-refractivity contribution is -0.141. The maximum atomic E-state index is 14.1. The van der Waals surface area contributed by atoms with Crippen molar-refractivity contribution >= 4 is 27.5 Å². The molecule has 0 heterocycles. The number of nitrogens with one attached hydrogen (secondary N) is 1. The van der Waals surface area contributed by atoms with Gasteiger partial charge in [-0.2, -0.15) is 0 Å². The number of carbonyl (C=O) groups is 2. The number of carbonyl (C=O) groups excluding carboxylic acids is 2. The summed E-state index contributed by atoms with van der Waals surface area (Å²) in [6.45, 7) is 8.76. The lowest BCUT2D eigenvalue weighted by Crippen LogP contribution is -2.55. The Bertz CT molecular complexity index is 1450. The Kier molecular flexibility index (Phi) is 10.1. The van der Waals surface area contributed by atoms with Gasteiger partial charge in [0.1, 0.15) is 24.2 Å². The highest BCUT2D eigenvalue weighted by Gasteiger charge is 2.34. The number of anilines is 1. The van der Waals surface area contributed by atoms with Crippen molar-refractivity contribution in [3.63, 3.8) is 0 Å². The molecule has 0 saturated carbocycles. The third-order valence-corrected chi connectivity index (χ3v) is 8.15. The number of halogens is 1. The van der Waals surface area contributed by atoms with Gasteiger partial charge in [-0.25, -0.2) is 12.8 Å². The summed E-state index contributed by atoms with van der Waals surface area (Å²) in [6, 6.07) is 17.3. The molecule has 0 radical (unpaired) electrons. The molecule has 2 amide bonds. The van der Waals surface area contributed by atoms with Gasteiger partial charge in [0.2, 0.25) is 11.8 Å². The summed E-state index contributed by atoms with van der Waals surface area (Å²) in [5.74, 6) is -1.00. The highest BCUT2D eigenvalue weighted by Crippen LogP contribution is 2.26. The van der Waals surface area contributed by atoms with E-state index in [1.165, 1.54) is 48.4 Å². The van der Waals surface area contributed by atoms with Crippen molar-refractivity contribution in [2.45, 2.75) is 64.1 Å². The average molecular weight is 584 g/mol. The molecule has 0 spiro atoms. The molecule has 0 aliphatic heterocycles. The summed E-state index contributed by atoms with van der Waals surface area (Å²) in [4.78, 5) is 28.8. The van der Waals surface area contributed by atoms with Gasteiger partial charge in [0, 0.05) is 12.1 Å². The molecule has 0 aliphatic rings. The molecule has 41 heavy (non-hydrogen) atoms. The number of amides is 2. The van der Waals surface area contributed by atoms with Gasteiger partial charge >= 0.3 is 0 Å². The fraction of sp³-hybridized carbons (Fsp3) is 0.355. The SMILES string of the molecule is CCC(C(=O)NC(C)(C)C)N(Cc1cccc(C)c1)C(=O)CN(c1ccc(F)cc1)S(=O)(=O)c1ccc(OC)cc1. The van der Waals surface area contributed by atoms with E-state index in [4.69, 9.17) is 4.74 Å². The van der Waals surface area contributed by atoms with Crippen LogP contribution in [0.4, 0.5) is 10.1 Å². The van der Waals surface area contributed by atoms with Gasteiger partial charge < -0.3 is 15.0 Å². The van der Waals surface area contributed by atoms with Crippen LogP contribution < -0.4 is 14.4 Å². The Morgan fingerprint density at radius 3 is 2.17 bits per heavy atom. The van der Waals surface area contributed by atoms with Crippen molar-refractivity contribution < 1.29 is 27.1 Å². The smallest absolute Gasteiger partial charge is 0.264 e. The van der Waals surface area contributed by atoms with Crippen molar-refractivity contribution in [2.75, 3.05) is 18.0 Å². The highest BCUT2D eigenvalue weighted by molar-refractivity contribution is 7.92. The molecule has 1 unspecified atom stereocenters. The van der Waals surface area contributed by atoms with Crippen molar-refractivity contribution in [1.29, 1.82) is 0 Å². The lowest BCUT2D eigenvalue weighted by atomic mass is 10.0. The molecule has 8 nitrogen and oxygen atoms in total. The molecule has 220 valence electrons. The third-order valence-electron chi connectivity index (χ3n) is 6.36. The predicted octanol–water partition coefficient (Wildman–Crippen LogP) is 5.06. The molecule has 1 atom stereocenters. The van der Waals surface area contributed by atoms with Crippen LogP contribution in [0.15, 0.2) is 77.7 Å². The van der Waals surface area contributed by atoms with Gasteiger partial charge in [-0.1, -0.05) is 36.8 Å². The fourth-order valence-corrected chi connectivity index (χ4v) is 5.80. The first kappa shape index (κ1) is 31.6. The average Bonchev–Trinajstić information content (AvgIpc) is 2.91. The summed E-state index contributed by atoms with van der Waals surface area (Å²) in [5, 5.41) is 2.94. The van der Waals surface area contributed by atoms with E-state index >= 15 is 0 Å². The van der Waals surface area contributed by atoms with Crippen LogP contribution in [0.3, 0.4) is 0 Å². The maximum absolute atomic E-state index is 14.1. The van der Waals surface area contributed by atoms with Crippen molar-refractivity contribution in [2.24, 2.45) is 0 Å². The van der Waals surface area contributed by atoms with E-state index in [1.54, 1.807) is 6.92 Å². The van der Waals surface area contributed by atoms with E-state index in [2.05, 4.69) is 5.32 Å². The van der Waals surface area contributed by atoms with Crippen LogP contribution in [0.1, 0.15) is 45.2 Å². The molecule has 0 aliphatic carbocycles. The Balaban J connectivity index is 2.07. The molecule has 0 fully saturated rings. The number of hydrogen-bond donors (Lipinski definition) is 1. The number of ether oxygens (including phenoxy) is 1. The van der Waals surface area contributed by atoms with Crippen LogP contribution in [-0.4, -0.2) is 50.4 Å². The van der Waals surface area contributed by atoms with E-state index in [0.717, 1.165) is 27.6 Å². The molecule has 3 aromatic carbocycles. The second-order valence-electron chi connectivity index (χ2n) is 10.8. The summed E-state index contributed by atoms with van der Waals surface area (Å²) in [5.41, 5.74) is 1.35. The maximum Gasteiger partial charge on any atom is 0.264 e. The first-order valence-electron chi connectivity index (χ1n) is 13.3. The second-order valence-corrected chi connectivity index (χ2v) is 12.7. The number of benzene rings is 3. The quantitative estimate of drug-likeness (QED) is 0.341. The van der Waals surface area contributed by atoms with Crippen molar-refractivity contribution in [3.05, 3.63) is 89.7 Å². The monoisotopic (exact) mass is 583 g/mol. The Labute approximate surface area is 242 Å². The summed E-state index contributed by atoms with van der Waals surface area (Å²) < 4.78 is 47.6. The number of methoxy groups -OCH3 is 1. The Morgan fingerprint density at radius 2 is 1.63 bits per heavy atom. The zero-order chi connectivity index (χ0) is 30.4. The topological polar surface area (TPSA) is 96.0 Å². The number of nitrogens with zero attached hydrogens (tertiary/aromatic N) is 2. The minimum absolute atomic E-state index is 0.0711. The minimum atomic E-state index is -4.27. The Morgan fingerprint density at radius 1 is 1.00 bits per heavy atom. The van der Waals surface area contributed by atoms with Gasteiger partial charge in [0.05, 0.1) is 17.7 Å². The van der Waals surface area contributed by atoms with Crippen LogP contribution in [0.5, 0.6) is 5.75 Å². The number of rotatable bonds is 11. The van der Waals surface area contributed by atoms with E-state index in [0.29, 0.717) is 12.2 Å². The first-order chi connectivity index (χ1) is 19.2. The molecule has 3 aromatic rings. The molecular weight excluding hydrogens is 545 g/mol. The van der Waals surface area contributed by atoms with Gasteiger partial charge in [-0.05, 0) is 88.2 Å². The van der Waals surface area contributed by atoms with Crippen molar-refractivity contribution in [1.82, 2.24) is 10.2 Å². The molecule has 0 saturated heterocycles. The zero-order valence-electron chi connectivity index (χ0n) is 24.3. The molecule has 10 heteroatoms. The molecule has 3 rings (SSSR count). The van der Waals surface area contributed by atoms with Crippen LogP contribution in [-0.2, 0) is 26.2 Å². The standard InChI is InChI=1S/C31H38FN3O5S/c1-7-28(30(37)33-31(3,4)5)34(20-23-10-8-9-22(2)19-23)29(36)21-35(25-13-11-24(32)12-14-25)41(38,39)27-17-15-26(40-6)16-18-27/h8-19,28H,7,20-21H2,1-6H3,(H,33,37). The van der Waals surface area contributed by atoms with Gasteiger partial charge in [-0.15, -0.1) is 0 Å². The van der Waals surface area contributed by atoms with Crippen LogP contribution in [0.25, 0.3) is 0 Å². The number of aryl methyl sites for hydroxylation is 1. The predicted molar refractivity (Wildman–Crippen MR) is 158 cm³/mol. The Hall–Kier alpha value is -3.92. The number of hydrogen-bond acceptors (Lipinski definition) is 5. The summed E-state index contributed by atoms with van der Waals surface area (Å²) in [6.07, 6.45) is 0.307. The number of sulfonamides is 1. The first-order valence-corrected chi connectivity index (χ1v) is 14.8. The fourth-order valence-electron chi connectivity index (χ4n) is 4.39. The lowest BCUT2D eigenvalue weighted by Gasteiger charge is -2.34. The zero-order valence-corrected chi connectivity index (χ0v) is 25.2. The minimum Gasteiger partial charge on any atom is -0.497 e. The van der Waals surface area contributed by atoms with Crippen LogP contribution in [0.2, 0.25) is 0 Å². The van der Waals surface area contributed by atoms with Crippen LogP contribution >= 0.6 is 0 Å². The summed E-state index contributed by atoms with van der Waals surface area (Å²) >= 11 is 0. The third kappa shape index (κ3) is 8.29. The van der Waals surface area contributed by atoms with Gasteiger partial charge in [0.15, 0.2) is 0 Å². The molecule has 0 bridgehead atoms. The van der Waals surface area contributed by atoms with E-state index < -0.39 is 39.9 Å². The molecule has 0 aromatic heterocycles. The van der Waals surface area contributed by atoms with Gasteiger partial charge in [0.25, 0.3) is 10.0 Å². The van der Waals surface area contributed by atoms with E-state index in [1.807, 2.05) is 52.0 Å². The normalized spacial score (nSPS) is 12.4. The van der Waals surface area contributed by atoms with E-state index in [9.17, 15) is 22.4 Å². The second kappa shape index (κ2) is 13.2. The molecular formula is C31H38FN3O5S.